The molecule has 2 rings (SSSR count). The van der Waals surface area contributed by atoms with Gasteiger partial charge in [0.05, 0.1) is 0 Å². The van der Waals surface area contributed by atoms with E-state index in [9.17, 15) is 4.79 Å². The predicted octanol–water partition coefficient (Wildman–Crippen LogP) is 5.52. The van der Waals surface area contributed by atoms with E-state index in [-0.39, 0.29) is 6.03 Å². The number of carbonyl (C=O) groups excluding carboxylic acids is 1. The molecule has 21 heavy (non-hydrogen) atoms. The first-order valence-corrected chi connectivity index (χ1v) is 7.69. The van der Waals surface area contributed by atoms with Crippen LogP contribution in [-0.4, -0.2) is 6.03 Å². The lowest BCUT2D eigenvalue weighted by atomic mass is 9.98. The van der Waals surface area contributed by atoms with Crippen molar-refractivity contribution in [2.45, 2.75) is 26.7 Å². The number of anilines is 2. The fourth-order valence-corrected chi connectivity index (χ4v) is 2.42. The second kappa shape index (κ2) is 6.76. The van der Waals surface area contributed by atoms with Crippen molar-refractivity contribution in [3.8, 4) is 0 Å². The van der Waals surface area contributed by atoms with Crippen LogP contribution >= 0.6 is 15.9 Å². The predicted molar refractivity (Wildman–Crippen MR) is 92.1 cm³/mol. The molecule has 4 heteroatoms. The third-order valence-corrected chi connectivity index (χ3v) is 3.80. The highest BCUT2D eigenvalue weighted by atomic mass is 79.9. The average Bonchev–Trinajstić information content (AvgIpc) is 2.43. The minimum atomic E-state index is -0.228. The highest BCUT2D eigenvalue weighted by molar-refractivity contribution is 9.10. The number of benzene rings is 2. The van der Waals surface area contributed by atoms with Crippen LogP contribution in [0.3, 0.4) is 0 Å². The number of hydrogen-bond acceptors (Lipinski definition) is 1. The summed E-state index contributed by atoms with van der Waals surface area (Å²) in [4.78, 5) is 12.2. The third kappa shape index (κ3) is 4.08. The van der Waals surface area contributed by atoms with Crippen LogP contribution < -0.4 is 10.6 Å². The largest absolute Gasteiger partial charge is 0.323 e. The zero-order chi connectivity index (χ0) is 15.4. The average molecular weight is 347 g/mol. The smallest absolute Gasteiger partial charge is 0.308 e. The van der Waals surface area contributed by atoms with Crippen molar-refractivity contribution in [2.24, 2.45) is 0 Å². The van der Waals surface area contributed by atoms with E-state index in [1.807, 2.05) is 49.4 Å². The third-order valence-electron chi connectivity index (χ3n) is 3.27. The number of halogens is 1. The summed E-state index contributed by atoms with van der Waals surface area (Å²) in [6, 6.07) is 13.3. The van der Waals surface area contributed by atoms with Crippen LogP contribution in [0.2, 0.25) is 0 Å². The highest BCUT2D eigenvalue weighted by Crippen LogP contribution is 2.27. The summed E-state index contributed by atoms with van der Waals surface area (Å²) in [5.41, 5.74) is 3.85. The minimum absolute atomic E-state index is 0.228. The Morgan fingerprint density at radius 1 is 1.05 bits per heavy atom. The first-order chi connectivity index (χ1) is 9.97. The van der Waals surface area contributed by atoms with Crippen molar-refractivity contribution in [3.63, 3.8) is 0 Å². The molecule has 0 aromatic heterocycles. The Kier molecular flexibility index (Phi) is 5.02. The van der Waals surface area contributed by atoms with Crippen molar-refractivity contribution >= 4 is 33.3 Å². The summed E-state index contributed by atoms with van der Waals surface area (Å²) < 4.78 is 0.981. The highest BCUT2D eigenvalue weighted by Gasteiger charge is 2.11. The fourth-order valence-electron chi connectivity index (χ4n) is 2.15. The molecule has 3 nitrogen and oxygen atoms in total. The van der Waals surface area contributed by atoms with Gasteiger partial charge in [-0.3, -0.25) is 0 Å². The van der Waals surface area contributed by atoms with Gasteiger partial charge in [-0.2, -0.15) is 0 Å². The van der Waals surface area contributed by atoms with Crippen LogP contribution in [0, 0.1) is 6.92 Å². The van der Waals surface area contributed by atoms with E-state index >= 15 is 0 Å². The molecule has 0 spiro atoms. The maximum Gasteiger partial charge on any atom is 0.323 e. The van der Waals surface area contributed by atoms with Gasteiger partial charge in [-0.15, -0.1) is 0 Å². The van der Waals surface area contributed by atoms with Crippen molar-refractivity contribution < 1.29 is 4.79 Å². The molecule has 0 unspecified atom stereocenters. The molecule has 0 aliphatic rings. The molecule has 2 amide bonds. The van der Waals surface area contributed by atoms with Gasteiger partial charge in [-0.25, -0.2) is 4.79 Å². The molecule has 110 valence electrons. The fraction of sp³-hybridized carbons (Fsp3) is 0.235. The van der Waals surface area contributed by atoms with Gasteiger partial charge >= 0.3 is 6.03 Å². The van der Waals surface area contributed by atoms with Gasteiger partial charge in [-0.05, 0) is 48.2 Å². The van der Waals surface area contributed by atoms with E-state index in [1.165, 1.54) is 0 Å². The number of rotatable bonds is 3. The number of para-hydroxylation sites is 1. The van der Waals surface area contributed by atoms with Crippen molar-refractivity contribution in [3.05, 3.63) is 58.1 Å². The van der Waals surface area contributed by atoms with E-state index in [1.54, 1.807) is 0 Å². The molecule has 2 aromatic rings. The molecule has 0 bridgehead atoms. The van der Waals surface area contributed by atoms with Crippen LogP contribution in [0.5, 0.6) is 0 Å². The SMILES string of the molecule is Cc1cccc(C(C)C)c1NC(=O)Nc1ccc(Br)cc1. The van der Waals surface area contributed by atoms with Gasteiger partial charge in [0.25, 0.3) is 0 Å². The molecule has 2 aromatic carbocycles. The second-order valence-electron chi connectivity index (χ2n) is 5.28. The molecule has 0 atom stereocenters. The lowest BCUT2D eigenvalue weighted by molar-refractivity contribution is 0.262. The first-order valence-electron chi connectivity index (χ1n) is 6.90. The zero-order valence-corrected chi connectivity index (χ0v) is 14.0. The summed E-state index contributed by atoms with van der Waals surface area (Å²) >= 11 is 3.37. The number of carbonyl (C=O) groups is 1. The van der Waals surface area contributed by atoms with Crippen LogP contribution in [-0.2, 0) is 0 Å². The second-order valence-corrected chi connectivity index (χ2v) is 6.20. The Hall–Kier alpha value is -1.81. The number of urea groups is 1. The lowest BCUT2D eigenvalue weighted by Crippen LogP contribution is -2.21. The summed E-state index contributed by atoms with van der Waals surface area (Å²) in [6.07, 6.45) is 0. The number of amides is 2. The summed E-state index contributed by atoms with van der Waals surface area (Å²) in [5.74, 6) is 0.355. The van der Waals surface area contributed by atoms with E-state index in [2.05, 4.69) is 40.4 Å². The lowest BCUT2D eigenvalue weighted by Gasteiger charge is -2.16. The number of aryl methyl sites for hydroxylation is 1. The van der Waals surface area contributed by atoms with E-state index in [0.29, 0.717) is 5.92 Å². The molecule has 0 aliphatic heterocycles. The Morgan fingerprint density at radius 3 is 2.33 bits per heavy atom. The first kappa shape index (κ1) is 15.6. The summed E-state index contributed by atoms with van der Waals surface area (Å²) in [7, 11) is 0. The van der Waals surface area contributed by atoms with Crippen LogP contribution in [0.25, 0.3) is 0 Å². The molecular weight excluding hydrogens is 328 g/mol. The molecular formula is C17H19BrN2O. The Labute approximate surface area is 133 Å². The van der Waals surface area contributed by atoms with Gasteiger partial charge in [0, 0.05) is 15.8 Å². The normalized spacial score (nSPS) is 10.5. The molecule has 0 fully saturated rings. The van der Waals surface area contributed by atoms with Crippen LogP contribution in [0.15, 0.2) is 46.9 Å². The van der Waals surface area contributed by atoms with Crippen molar-refractivity contribution in [1.29, 1.82) is 0 Å². The maximum absolute atomic E-state index is 12.2. The molecule has 0 saturated carbocycles. The molecule has 2 N–H and O–H groups in total. The van der Waals surface area contributed by atoms with Crippen molar-refractivity contribution in [1.82, 2.24) is 0 Å². The number of nitrogens with one attached hydrogen (secondary N) is 2. The maximum atomic E-state index is 12.2. The van der Waals surface area contributed by atoms with Gasteiger partial charge < -0.3 is 10.6 Å². The Balaban J connectivity index is 2.14. The minimum Gasteiger partial charge on any atom is -0.308 e. The van der Waals surface area contributed by atoms with Crippen molar-refractivity contribution in [2.75, 3.05) is 10.6 Å². The topological polar surface area (TPSA) is 41.1 Å². The van der Waals surface area contributed by atoms with Gasteiger partial charge in [-0.1, -0.05) is 48.0 Å². The Morgan fingerprint density at radius 2 is 1.71 bits per heavy atom. The van der Waals surface area contributed by atoms with Crippen LogP contribution in [0.1, 0.15) is 30.9 Å². The van der Waals surface area contributed by atoms with Crippen LogP contribution in [0.4, 0.5) is 16.2 Å². The van der Waals surface area contributed by atoms with Gasteiger partial charge in [0.2, 0.25) is 0 Å². The quantitative estimate of drug-likeness (QED) is 0.754. The summed E-state index contributed by atoms with van der Waals surface area (Å²) in [5, 5.41) is 5.80. The Bertz CT molecular complexity index is 636. The standard InChI is InChI=1S/C17H19BrN2O/c1-11(2)15-6-4-5-12(3)16(15)20-17(21)19-14-9-7-13(18)8-10-14/h4-11H,1-3H3,(H2,19,20,21). The monoisotopic (exact) mass is 346 g/mol. The van der Waals surface area contributed by atoms with E-state index < -0.39 is 0 Å². The molecule has 0 saturated heterocycles. The van der Waals surface area contributed by atoms with E-state index in [0.717, 1.165) is 27.0 Å². The molecule has 0 radical (unpaired) electrons. The van der Waals surface area contributed by atoms with Gasteiger partial charge in [0.15, 0.2) is 0 Å². The van der Waals surface area contributed by atoms with Gasteiger partial charge in [0.1, 0.15) is 0 Å². The summed E-state index contributed by atoms with van der Waals surface area (Å²) in [6.45, 7) is 6.24. The molecule has 0 heterocycles. The van der Waals surface area contributed by atoms with E-state index in [4.69, 9.17) is 0 Å². The number of hydrogen-bond donors (Lipinski definition) is 2. The molecule has 0 aliphatic carbocycles. The zero-order valence-electron chi connectivity index (χ0n) is 12.4.